The Balaban J connectivity index is 1.73. The van der Waals surface area contributed by atoms with Crippen molar-refractivity contribution in [3.05, 3.63) is 29.8 Å². The van der Waals surface area contributed by atoms with Crippen LogP contribution in [0.2, 0.25) is 0 Å². The molecule has 0 aliphatic carbocycles. The summed E-state index contributed by atoms with van der Waals surface area (Å²) in [5.41, 5.74) is 0.830. The highest BCUT2D eigenvalue weighted by Gasteiger charge is 2.32. The summed E-state index contributed by atoms with van der Waals surface area (Å²) in [6, 6.07) is 7.68. The zero-order valence-electron chi connectivity index (χ0n) is 11.8. The van der Waals surface area contributed by atoms with E-state index in [0.717, 1.165) is 22.6 Å². The highest BCUT2D eigenvalue weighted by molar-refractivity contribution is 7.99. The van der Waals surface area contributed by atoms with Gasteiger partial charge in [0.1, 0.15) is 0 Å². The van der Waals surface area contributed by atoms with Gasteiger partial charge in [0.15, 0.2) is 5.79 Å². The molecule has 4 nitrogen and oxygen atoms in total. The summed E-state index contributed by atoms with van der Waals surface area (Å²) < 4.78 is 11.3. The van der Waals surface area contributed by atoms with Gasteiger partial charge in [0, 0.05) is 10.6 Å². The maximum Gasteiger partial charge on any atom is 0.307 e. The third-order valence-corrected chi connectivity index (χ3v) is 4.10. The first kappa shape index (κ1) is 15.4. The quantitative estimate of drug-likeness (QED) is 0.818. The summed E-state index contributed by atoms with van der Waals surface area (Å²) in [4.78, 5) is 11.7. The highest BCUT2D eigenvalue weighted by Crippen LogP contribution is 2.27. The first-order valence-electron chi connectivity index (χ1n) is 6.70. The summed E-state index contributed by atoms with van der Waals surface area (Å²) in [5.74, 6) is -0.290. The van der Waals surface area contributed by atoms with Gasteiger partial charge in [0.2, 0.25) is 0 Å². The third-order valence-electron chi connectivity index (χ3n) is 3.05. The molecule has 0 aromatic heterocycles. The van der Waals surface area contributed by atoms with Gasteiger partial charge in [0.25, 0.3) is 0 Å². The minimum absolute atomic E-state index is 0.0767. The Morgan fingerprint density at radius 3 is 2.65 bits per heavy atom. The van der Waals surface area contributed by atoms with Crippen LogP contribution in [-0.4, -0.2) is 35.3 Å². The molecule has 0 spiro atoms. The van der Waals surface area contributed by atoms with Crippen molar-refractivity contribution >= 4 is 17.7 Å². The van der Waals surface area contributed by atoms with Gasteiger partial charge >= 0.3 is 5.97 Å². The van der Waals surface area contributed by atoms with Crippen molar-refractivity contribution in [1.82, 2.24) is 0 Å². The minimum atomic E-state index is -0.800. The van der Waals surface area contributed by atoms with Gasteiger partial charge in [-0.2, -0.15) is 0 Å². The maximum absolute atomic E-state index is 10.6. The van der Waals surface area contributed by atoms with Crippen molar-refractivity contribution in [1.29, 1.82) is 0 Å². The topological polar surface area (TPSA) is 55.8 Å². The van der Waals surface area contributed by atoms with Gasteiger partial charge in [-0.15, -0.1) is 11.8 Å². The fourth-order valence-electron chi connectivity index (χ4n) is 2.09. The summed E-state index contributed by atoms with van der Waals surface area (Å²) in [5, 5.41) is 8.71. The number of carboxylic acid groups (broad SMARTS) is 1. The Kier molecular flexibility index (Phi) is 5.07. The Morgan fingerprint density at radius 1 is 1.40 bits per heavy atom. The first-order chi connectivity index (χ1) is 9.44. The second-order valence-corrected chi connectivity index (χ2v) is 6.47. The fourth-order valence-corrected chi connectivity index (χ4v) is 3.04. The van der Waals surface area contributed by atoms with E-state index in [-0.39, 0.29) is 12.5 Å². The molecule has 0 bridgehead atoms. The number of aliphatic carboxylic acids is 1. The van der Waals surface area contributed by atoms with Crippen molar-refractivity contribution in [3.63, 3.8) is 0 Å². The van der Waals surface area contributed by atoms with E-state index in [4.69, 9.17) is 14.6 Å². The zero-order chi connectivity index (χ0) is 14.6. The molecule has 1 aromatic rings. The molecule has 5 heteroatoms. The van der Waals surface area contributed by atoms with Crippen LogP contribution in [0, 0.1) is 0 Å². The molecule has 2 rings (SSSR count). The zero-order valence-corrected chi connectivity index (χ0v) is 12.6. The molecule has 1 heterocycles. The molecule has 20 heavy (non-hydrogen) atoms. The minimum Gasteiger partial charge on any atom is -0.481 e. The van der Waals surface area contributed by atoms with E-state index in [1.165, 1.54) is 0 Å². The first-order valence-corrected chi connectivity index (χ1v) is 7.68. The van der Waals surface area contributed by atoms with Crippen LogP contribution in [0.15, 0.2) is 29.2 Å². The molecule has 1 aromatic carbocycles. The average Bonchev–Trinajstić information content (AvgIpc) is 2.70. The lowest BCUT2D eigenvalue weighted by atomic mass is 10.2. The highest BCUT2D eigenvalue weighted by atomic mass is 32.2. The van der Waals surface area contributed by atoms with E-state index in [9.17, 15) is 4.79 Å². The lowest BCUT2D eigenvalue weighted by Gasteiger charge is -2.16. The van der Waals surface area contributed by atoms with Crippen LogP contribution in [-0.2, 0) is 20.7 Å². The predicted molar refractivity (Wildman–Crippen MR) is 78.0 cm³/mol. The second kappa shape index (κ2) is 6.61. The van der Waals surface area contributed by atoms with E-state index in [2.05, 4.69) is 0 Å². The summed E-state index contributed by atoms with van der Waals surface area (Å²) in [7, 11) is 0. The Bertz CT molecular complexity index is 455. The number of benzene rings is 1. The van der Waals surface area contributed by atoms with Crippen LogP contribution in [0.3, 0.4) is 0 Å². The van der Waals surface area contributed by atoms with E-state index >= 15 is 0 Å². The van der Waals surface area contributed by atoms with Crippen LogP contribution in [0.25, 0.3) is 0 Å². The number of hydrogen-bond donors (Lipinski definition) is 1. The largest absolute Gasteiger partial charge is 0.481 e. The van der Waals surface area contributed by atoms with Crippen molar-refractivity contribution in [2.75, 3.05) is 12.4 Å². The van der Waals surface area contributed by atoms with Gasteiger partial charge in [-0.05, 0) is 38.0 Å². The Hall–Kier alpha value is -1.04. The number of rotatable bonds is 6. The number of thioether (sulfide) groups is 1. The van der Waals surface area contributed by atoms with Gasteiger partial charge in [0.05, 0.1) is 19.1 Å². The monoisotopic (exact) mass is 296 g/mol. The lowest BCUT2D eigenvalue weighted by Crippen LogP contribution is -2.21. The van der Waals surface area contributed by atoms with Crippen LogP contribution in [0.1, 0.15) is 25.8 Å². The van der Waals surface area contributed by atoms with E-state index in [0.29, 0.717) is 6.61 Å². The van der Waals surface area contributed by atoms with Crippen molar-refractivity contribution in [3.8, 4) is 0 Å². The third kappa shape index (κ3) is 4.81. The molecule has 110 valence electrons. The molecular weight excluding hydrogens is 276 g/mol. The van der Waals surface area contributed by atoms with Crippen molar-refractivity contribution in [2.45, 2.75) is 43.5 Å². The van der Waals surface area contributed by atoms with Gasteiger partial charge in [-0.3, -0.25) is 4.79 Å². The molecule has 0 unspecified atom stereocenters. The molecule has 1 atom stereocenters. The maximum atomic E-state index is 10.6. The molecule has 1 aliphatic rings. The van der Waals surface area contributed by atoms with Crippen LogP contribution in [0.4, 0.5) is 0 Å². The number of carbonyl (C=O) groups is 1. The summed E-state index contributed by atoms with van der Waals surface area (Å²) >= 11 is 1.75. The fraction of sp³-hybridized carbons (Fsp3) is 0.533. The van der Waals surface area contributed by atoms with Crippen molar-refractivity contribution in [2.24, 2.45) is 0 Å². The molecule has 0 amide bonds. The molecular formula is C15H20O4S. The predicted octanol–water partition coefficient (Wildman–Crippen LogP) is 2.95. The van der Waals surface area contributed by atoms with Crippen molar-refractivity contribution < 1.29 is 19.4 Å². The molecule has 1 aliphatic heterocycles. The molecule has 0 radical (unpaired) electrons. The van der Waals surface area contributed by atoms with Gasteiger partial charge in [-0.1, -0.05) is 12.1 Å². The molecule has 1 fully saturated rings. The number of carboxylic acids is 1. The van der Waals surface area contributed by atoms with Crippen LogP contribution >= 0.6 is 11.8 Å². The van der Waals surface area contributed by atoms with Crippen LogP contribution in [0.5, 0.6) is 0 Å². The van der Waals surface area contributed by atoms with Gasteiger partial charge in [-0.25, -0.2) is 0 Å². The SMILES string of the molecule is CC1(C)OC[C@H](CCSc2ccc(CC(=O)O)cc2)O1. The lowest BCUT2D eigenvalue weighted by molar-refractivity contribution is -0.138. The van der Waals surface area contributed by atoms with E-state index < -0.39 is 11.8 Å². The average molecular weight is 296 g/mol. The normalized spacial score (nSPS) is 21.0. The molecule has 1 saturated heterocycles. The van der Waals surface area contributed by atoms with Gasteiger partial charge < -0.3 is 14.6 Å². The second-order valence-electron chi connectivity index (χ2n) is 5.30. The molecule has 1 N–H and O–H groups in total. The smallest absolute Gasteiger partial charge is 0.307 e. The number of ether oxygens (including phenoxy) is 2. The Labute approximate surface area is 123 Å². The molecule has 0 saturated carbocycles. The van der Waals surface area contributed by atoms with E-state index in [1.54, 1.807) is 11.8 Å². The summed E-state index contributed by atoms with van der Waals surface area (Å²) in [6.45, 7) is 4.52. The van der Waals surface area contributed by atoms with E-state index in [1.807, 2.05) is 38.1 Å². The summed E-state index contributed by atoms with van der Waals surface area (Å²) in [6.07, 6.45) is 1.20. The van der Waals surface area contributed by atoms with Crippen LogP contribution < -0.4 is 0 Å². The Morgan fingerprint density at radius 2 is 2.10 bits per heavy atom. The standard InChI is InChI=1S/C15H20O4S/c1-15(2)18-10-12(19-15)7-8-20-13-5-3-11(4-6-13)9-14(16)17/h3-6,12H,7-10H2,1-2H3,(H,16,17)/t12-/m0/s1. The number of hydrogen-bond acceptors (Lipinski definition) is 4.